The number of aliphatic imine (C=N–C) groups is 1. The maximum absolute atomic E-state index is 12.9. The summed E-state index contributed by atoms with van der Waals surface area (Å²) in [5.41, 5.74) is 16.1. The molecule has 0 aromatic rings. The lowest BCUT2D eigenvalue weighted by molar-refractivity contribution is -0.143. The number of rotatable bonds is 17. The average molecular weight is 520 g/mol. The third-order valence-corrected chi connectivity index (χ3v) is 5.56. The Morgan fingerprint density at radius 1 is 0.943 bits per heavy atom. The first kappa shape index (κ1) is 31.9. The summed E-state index contributed by atoms with van der Waals surface area (Å²) in [6.45, 7) is 3.63. The van der Waals surface area contributed by atoms with Crippen molar-refractivity contribution in [3.8, 4) is 0 Å². The number of hydrogen-bond donors (Lipinski definition) is 9. The lowest BCUT2D eigenvalue weighted by atomic mass is 9.96. The minimum atomic E-state index is -1.28. The summed E-state index contributed by atoms with van der Waals surface area (Å²) in [5, 5.41) is 25.7. The number of carbonyl (C=O) groups is 5. The molecule has 5 unspecified atom stereocenters. The van der Waals surface area contributed by atoms with Gasteiger partial charge in [0.1, 0.15) is 18.1 Å². The number of nitrogens with one attached hydrogen (secondary N) is 3. The van der Waals surface area contributed by atoms with E-state index in [-0.39, 0.29) is 37.5 Å². The van der Waals surface area contributed by atoms with E-state index >= 15 is 0 Å². The summed E-state index contributed by atoms with van der Waals surface area (Å²) in [6, 6.07) is -4.70. The summed E-state index contributed by atoms with van der Waals surface area (Å²) in [6.07, 6.45) is 0.106. The molecule has 3 amide bonds. The molecule has 0 aromatic carbocycles. The van der Waals surface area contributed by atoms with Crippen molar-refractivity contribution in [1.82, 2.24) is 16.0 Å². The highest BCUT2D eigenvalue weighted by Gasteiger charge is 2.32. The maximum atomic E-state index is 12.9. The maximum Gasteiger partial charge on any atom is 0.326 e. The molecule has 0 saturated carbocycles. The van der Waals surface area contributed by atoms with Crippen LogP contribution < -0.4 is 33.2 Å². The molecule has 11 N–H and O–H groups in total. The van der Waals surface area contributed by atoms with Gasteiger partial charge in [0.2, 0.25) is 17.7 Å². The highest BCUT2D eigenvalue weighted by atomic mass is 32.1. The molecule has 5 atom stereocenters. The number of amides is 3. The number of carbonyl (C=O) groups excluding carboxylic acids is 3. The molecule has 0 fully saturated rings. The van der Waals surface area contributed by atoms with Gasteiger partial charge in [0.05, 0.1) is 6.04 Å². The van der Waals surface area contributed by atoms with Crippen molar-refractivity contribution >= 4 is 48.2 Å². The fourth-order valence-corrected chi connectivity index (χ4v) is 3.04. The van der Waals surface area contributed by atoms with Crippen molar-refractivity contribution in [3.63, 3.8) is 0 Å². The minimum absolute atomic E-state index is 0.00321. The van der Waals surface area contributed by atoms with Crippen LogP contribution in [0.5, 0.6) is 0 Å². The molecule has 0 radical (unpaired) electrons. The zero-order valence-corrected chi connectivity index (χ0v) is 20.8. The number of guanidine groups is 1. The molecule has 0 saturated heterocycles. The molecule has 0 rings (SSSR count). The Morgan fingerprint density at radius 2 is 1.54 bits per heavy atom. The van der Waals surface area contributed by atoms with E-state index in [1.165, 1.54) is 0 Å². The zero-order chi connectivity index (χ0) is 27.1. The molecule has 35 heavy (non-hydrogen) atoms. The van der Waals surface area contributed by atoms with Crippen LogP contribution in [0, 0.1) is 5.92 Å². The second-order valence-electron chi connectivity index (χ2n) is 8.00. The van der Waals surface area contributed by atoms with Crippen LogP contribution in [0.2, 0.25) is 0 Å². The molecular weight excluding hydrogens is 482 g/mol. The number of thiol groups is 1. The SMILES string of the molecule is CCC(C)C(NC(=O)C(CCC(=O)O)NC(=O)C(N)CS)C(=O)NC(CCCN=C(N)N)C(=O)O. The molecule has 200 valence electrons. The smallest absolute Gasteiger partial charge is 0.326 e. The van der Waals surface area contributed by atoms with Crippen LogP contribution >= 0.6 is 12.6 Å². The van der Waals surface area contributed by atoms with E-state index in [0.717, 1.165) is 0 Å². The summed E-state index contributed by atoms with van der Waals surface area (Å²) >= 11 is 3.92. The number of carboxylic acids is 2. The van der Waals surface area contributed by atoms with Gasteiger partial charge in [-0.25, -0.2) is 4.79 Å². The topological polar surface area (TPSA) is 252 Å². The number of aliphatic carboxylic acids is 2. The first-order valence-electron chi connectivity index (χ1n) is 11.1. The summed E-state index contributed by atoms with van der Waals surface area (Å²) in [7, 11) is 0. The Morgan fingerprint density at radius 3 is 2.03 bits per heavy atom. The number of nitrogens with two attached hydrogens (primary N) is 3. The average Bonchev–Trinajstić information content (AvgIpc) is 2.79. The van der Waals surface area contributed by atoms with Gasteiger partial charge in [-0.3, -0.25) is 24.2 Å². The van der Waals surface area contributed by atoms with Crippen molar-refractivity contribution < 1.29 is 34.2 Å². The van der Waals surface area contributed by atoms with Crippen LogP contribution in [0.3, 0.4) is 0 Å². The molecule has 14 nitrogen and oxygen atoms in total. The van der Waals surface area contributed by atoms with Gasteiger partial charge < -0.3 is 43.4 Å². The van der Waals surface area contributed by atoms with Crippen molar-refractivity contribution in [2.24, 2.45) is 28.1 Å². The highest BCUT2D eigenvalue weighted by Crippen LogP contribution is 2.11. The van der Waals surface area contributed by atoms with Gasteiger partial charge >= 0.3 is 11.9 Å². The van der Waals surface area contributed by atoms with E-state index in [0.29, 0.717) is 6.42 Å². The molecule has 0 spiro atoms. The van der Waals surface area contributed by atoms with Crippen LogP contribution in [0.1, 0.15) is 46.0 Å². The Balaban J connectivity index is 5.51. The standard InChI is InChI=1S/C20H37N7O7S/c1-3-10(2)15(18(32)26-13(19(33)34)5-4-8-24-20(22)23)27-17(31)12(6-7-14(28)29)25-16(30)11(21)9-35/h10-13,15,35H,3-9,21H2,1-2H3,(H,25,30)(H,26,32)(H,27,31)(H,28,29)(H,33,34)(H4,22,23,24). The lowest BCUT2D eigenvalue weighted by Crippen LogP contribution is -2.58. The molecule has 0 aliphatic rings. The first-order valence-corrected chi connectivity index (χ1v) is 11.7. The van der Waals surface area contributed by atoms with Crippen molar-refractivity contribution in [1.29, 1.82) is 0 Å². The molecule has 0 aliphatic heterocycles. The van der Waals surface area contributed by atoms with Gasteiger partial charge in [0.25, 0.3) is 0 Å². The second kappa shape index (κ2) is 16.5. The van der Waals surface area contributed by atoms with E-state index in [2.05, 4.69) is 33.6 Å². The highest BCUT2D eigenvalue weighted by molar-refractivity contribution is 7.80. The largest absolute Gasteiger partial charge is 0.481 e. The fourth-order valence-electron chi connectivity index (χ4n) is 2.88. The molecule has 0 heterocycles. The van der Waals surface area contributed by atoms with E-state index in [9.17, 15) is 29.1 Å². The summed E-state index contributed by atoms with van der Waals surface area (Å²) in [4.78, 5) is 64.4. The Bertz CT molecular complexity index is 777. The van der Waals surface area contributed by atoms with Crippen LogP contribution in [0.15, 0.2) is 4.99 Å². The molecule has 0 aromatic heterocycles. The second-order valence-corrected chi connectivity index (χ2v) is 8.37. The molecule has 0 bridgehead atoms. The van der Waals surface area contributed by atoms with E-state index in [1.54, 1.807) is 13.8 Å². The van der Waals surface area contributed by atoms with E-state index in [4.69, 9.17) is 22.3 Å². The third kappa shape index (κ3) is 12.8. The number of hydrogen-bond acceptors (Lipinski definition) is 8. The van der Waals surface area contributed by atoms with Gasteiger partial charge in [0, 0.05) is 18.7 Å². The van der Waals surface area contributed by atoms with Crippen LogP contribution in [0.25, 0.3) is 0 Å². The van der Waals surface area contributed by atoms with Gasteiger partial charge in [-0.2, -0.15) is 12.6 Å². The lowest BCUT2D eigenvalue weighted by Gasteiger charge is -2.28. The first-order chi connectivity index (χ1) is 16.3. The van der Waals surface area contributed by atoms with Crippen molar-refractivity contribution in [3.05, 3.63) is 0 Å². The Hall–Kier alpha value is -3.07. The molecule has 0 aliphatic carbocycles. The zero-order valence-electron chi connectivity index (χ0n) is 19.9. The quantitative estimate of drug-likeness (QED) is 0.0431. The van der Waals surface area contributed by atoms with Gasteiger partial charge in [-0.1, -0.05) is 20.3 Å². The van der Waals surface area contributed by atoms with E-state index < -0.39 is 66.2 Å². The summed E-state index contributed by atoms with van der Waals surface area (Å²) in [5.74, 6) is -5.26. The van der Waals surface area contributed by atoms with Crippen LogP contribution in [-0.4, -0.2) is 82.3 Å². The fraction of sp³-hybridized carbons (Fsp3) is 0.700. The van der Waals surface area contributed by atoms with Gasteiger partial charge in [-0.05, 0) is 25.2 Å². The van der Waals surface area contributed by atoms with E-state index in [1.807, 2.05) is 0 Å². The van der Waals surface area contributed by atoms with Crippen LogP contribution in [0.4, 0.5) is 0 Å². The van der Waals surface area contributed by atoms with Gasteiger partial charge in [-0.15, -0.1) is 0 Å². The van der Waals surface area contributed by atoms with Crippen LogP contribution in [-0.2, 0) is 24.0 Å². The van der Waals surface area contributed by atoms with Crippen molar-refractivity contribution in [2.45, 2.75) is 70.1 Å². The third-order valence-electron chi connectivity index (χ3n) is 5.17. The molecular formula is C20H37N7O7S. The number of carboxylic acid groups (broad SMARTS) is 2. The normalized spacial score (nSPS) is 15.0. The predicted octanol–water partition coefficient (Wildman–Crippen LogP) is -2.25. The van der Waals surface area contributed by atoms with Crippen molar-refractivity contribution in [2.75, 3.05) is 12.3 Å². The summed E-state index contributed by atoms with van der Waals surface area (Å²) < 4.78 is 0. The minimum Gasteiger partial charge on any atom is -0.481 e. The predicted molar refractivity (Wildman–Crippen MR) is 131 cm³/mol. The Kier molecular flexibility index (Phi) is 15.1. The monoisotopic (exact) mass is 519 g/mol. The Labute approximate surface area is 209 Å². The molecule has 15 heteroatoms. The number of nitrogens with zero attached hydrogens (tertiary/aromatic N) is 1. The van der Waals surface area contributed by atoms with Gasteiger partial charge in [0.15, 0.2) is 5.96 Å².